The van der Waals surface area contributed by atoms with Crippen molar-refractivity contribution in [2.75, 3.05) is 18.1 Å². The van der Waals surface area contributed by atoms with Crippen LogP contribution in [0.1, 0.15) is 19.3 Å². The lowest BCUT2D eigenvalue weighted by atomic mass is 10.1. The van der Waals surface area contributed by atoms with Crippen molar-refractivity contribution in [3.05, 3.63) is 0 Å². The van der Waals surface area contributed by atoms with Crippen LogP contribution in [0, 0.1) is 0 Å². The van der Waals surface area contributed by atoms with Crippen molar-refractivity contribution in [1.29, 1.82) is 0 Å². The van der Waals surface area contributed by atoms with Gasteiger partial charge in [-0.2, -0.15) is 25.3 Å². The first-order valence-corrected chi connectivity index (χ1v) is 9.20. The topological polar surface area (TPSA) is 222 Å². The third-order valence-electron chi connectivity index (χ3n) is 3.01. The summed E-state index contributed by atoms with van der Waals surface area (Å²) in [7, 11) is 0. The number of carboxylic acid groups (broad SMARTS) is 3. The Kier molecular flexibility index (Phi) is 16.1. The molecule has 12 nitrogen and oxygen atoms in total. The van der Waals surface area contributed by atoms with E-state index in [0.29, 0.717) is 12.2 Å². The summed E-state index contributed by atoms with van der Waals surface area (Å²) in [4.78, 5) is 53.7. The van der Waals surface area contributed by atoms with Crippen LogP contribution < -0.4 is 22.1 Å². The summed E-state index contributed by atoms with van der Waals surface area (Å²) in [6.45, 7) is -0.567. The third-order valence-corrected chi connectivity index (χ3v) is 3.63. The molecule has 0 aliphatic carbocycles. The second-order valence-corrected chi connectivity index (χ2v) is 6.17. The van der Waals surface area contributed by atoms with Crippen molar-refractivity contribution >= 4 is 55.0 Å². The van der Waals surface area contributed by atoms with Gasteiger partial charge in [-0.15, -0.1) is 0 Å². The molecule has 0 bridgehead atoms. The average Bonchev–Trinajstić information content (AvgIpc) is 2.62. The van der Waals surface area contributed by atoms with Crippen LogP contribution in [-0.4, -0.2) is 81.2 Å². The lowest BCUT2D eigenvalue weighted by molar-refractivity contribution is -0.139. The van der Waals surface area contributed by atoms with Crippen LogP contribution in [0.15, 0.2) is 0 Å². The fourth-order valence-electron chi connectivity index (χ4n) is 1.42. The molecule has 0 aromatic heterocycles. The number of nitrogens with two attached hydrogens (primary N) is 2. The summed E-state index contributed by atoms with van der Waals surface area (Å²) in [5.41, 5.74) is 10.3. The number of hydrogen-bond acceptors (Lipinski definition) is 9. The summed E-state index contributed by atoms with van der Waals surface area (Å²) >= 11 is 7.68. The highest BCUT2D eigenvalue weighted by molar-refractivity contribution is 7.80. The molecule has 0 aromatic rings. The normalized spacial score (nSPS) is 13.1. The zero-order valence-corrected chi connectivity index (χ0v) is 16.7. The second kappa shape index (κ2) is 16.0. The maximum absolute atomic E-state index is 11.5. The molecule has 0 radical (unpaired) electrons. The SMILES string of the molecule is NC(CCC(=O)NC(CS)C(=O)NCC(=O)O)C(=O)O.N[C@@H](CCS)C(=O)O. The first-order valence-electron chi connectivity index (χ1n) is 7.93. The van der Waals surface area contributed by atoms with Crippen molar-refractivity contribution in [1.82, 2.24) is 10.6 Å². The van der Waals surface area contributed by atoms with Gasteiger partial charge in [0.05, 0.1) is 0 Å². The van der Waals surface area contributed by atoms with E-state index in [2.05, 4.69) is 35.9 Å². The molecule has 0 rings (SSSR count). The molecule has 0 spiro atoms. The molecular weight excluding hydrogens is 416 g/mol. The fourth-order valence-corrected chi connectivity index (χ4v) is 1.95. The van der Waals surface area contributed by atoms with Gasteiger partial charge in [0.2, 0.25) is 11.8 Å². The van der Waals surface area contributed by atoms with E-state index in [1.54, 1.807) is 0 Å². The number of rotatable bonds is 12. The summed E-state index contributed by atoms with van der Waals surface area (Å²) in [6.07, 6.45) is 0.194. The maximum Gasteiger partial charge on any atom is 0.322 e. The van der Waals surface area contributed by atoms with Gasteiger partial charge >= 0.3 is 17.9 Å². The van der Waals surface area contributed by atoms with Crippen LogP contribution >= 0.6 is 25.3 Å². The third kappa shape index (κ3) is 15.1. The van der Waals surface area contributed by atoms with Crippen LogP contribution in [0.2, 0.25) is 0 Å². The van der Waals surface area contributed by atoms with E-state index in [0.717, 1.165) is 0 Å². The highest BCUT2D eigenvalue weighted by atomic mass is 32.1. The smallest absolute Gasteiger partial charge is 0.322 e. The van der Waals surface area contributed by atoms with E-state index in [1.807, 2.05) is 0 Å². The number of carbonyl (C=O) groups is 5. The van der Waals surface area contributed by atoms with Crippen LogP contribution in [0.5, 0.6) is 0 Å². The predicted octanol–water partition coefficient (Wildman–Crippen LogP) is -2.49. The number of amides is 2. The van der Waals surface area contributed by atoms with E-state index in [9.17, 15) is 24.0 Å². The predicted molar refractivity (Wildman–Crippen MR) is 105 cm³/mol. The zero-order valence-electron chi connectivity index (χ0n) is 14.9. The van der Waals surface area contributed by atoms with Crippen LogP contribution in [-0.2, 0) is 24.0 Å². The Morgan fingerprint density at radius 1 is 0.893 bits per heavy atom. The largest absolute Gasteiger partial charge is 0.480 e. The minimum atomic E-state index is -1.22. The van der Waals surface area contributed by atoms with Gasteiger partial charge < -0.3 is 37.4 Å². The number of carbonyl (C=O) groups excluding carboxylic acids is 2. The van der Waals surface area contributed by atoms with Crippen molar-refractivity contribution in [3.8, 4) is 0 Å². The molecule has 0 aromatic carbocycles. The van der Waals surface area contributed by atoms with Gasteiger partial charge in [0.25, 0.3) is 0 Å². The average molecular weight is 443 g/mol. The molecule has 9 N–H and O–H groups in total. The van der Waals surface area contributed by atoms with Crippen LogP contribution in [0.25, 0.3) is 0 Å². The van der Waals surface area contributed by atoms with Crippen molar-refractivity contribution in [2.24, 2.45) is 11.5 Å². The number of nitrogens with one attached hydrogen (secondary N) is 2. The molecule has 2 amide bonds. The minimum Gasteiger partial charge on any atom is -0.480 e. The number of hydrogen-bond donors (Lipinski definition) is 9. The van der Waals surface area contributed by atoms with Gasteiger partial charge in [-0.25, -0.2) is 0 Å². The van der Waals surface area contributed by atoms with E-state index in [-0.39, 0.29) is 18.6 Å². The summed E-state index contributed by atoms with van der Waals surface area (Å²) < 4.78 is 0. The minimum absolute atomic E-state index is 0.0256. The van der Waals surface area contributed by atoms with Gasteiger partial charge in [0.1, 0.15) is 24.7 Å². The molecule has 28 heavy (non-hydrogen) atoms. The Bertz CT molecular complexity index is 549. The standard InChI is InChI=1S/C10H17N3O6S.C4H9NO2S/c11-5(10(18)19)1-2-7(14)13-6(4-20)9(17)12-3-8(15)16;5-3(1-2-8)4(6)7/h5-6,20H,1-4,11H2,(H,12,17)(H,13,14)(H,15,16)(H,18,19);3,8H,1-2,5H2,(H,6,7)/t;3-/m.0/s1. The molecule has 0 saturated carbocycles. The molecule has 14 heteroatoms. The number of thiol groups is 2. The van der Waals surface area contributed by atoms with Crippen LogP contribution in [0.4, 0.5) is 0 Å². The van der Waals surface area contributed by atoms with Crippen molar-refractivity contribution < 1.29 is 39.3 Å². The Hall–Kier alpha value is -2.03. The number of carboxylic acids is 3. The molecule has 0 saturated heterocycles. The van der Waals surface area contributed by atoms with Gasteiger partial charge in [0.15, 0.2) is 0 Å². The highest BCUT2D eigenvalue weighted by Gasteiger charge is 2.20. The Morgan fingerprint density at radius 2 is 1.39 bits per heavy atom. The summed E-state index contributed by atoms with van der Waals surface area (Å²) in [5.74, 6) is -4.14. The summed E-state index contributed by atoms with van der Waals surface area (Å²) in [6, 6.07) is -2.89. The Morgan fingerprint density at radius 3 is 1.75 bits per heavy atom. The fraction of sp³-hybridized carbons (Fsp3) is 0.643. The van der Waals surface area contributed by atoms with Crippen LogP contribution in [0.3, 0.4) is 0 Å². The molecule has 0 fully saturated rings. The molecule has 0 aliphatic rings. The Labute approximate surface area is 172 Å². The van der Waals surface area contributed by atoms with Gasteiger partial charge in [-0.1, -0.05) is 0 Å². The van der Waals surface area contributed by atoms with Gasteiger partial charge in [-0.3, -0.25) is 24.0 Å². The summed E-state index contributed by atoms with van der Waals surface area (Å²) in [5, 5.41) is 29.5. The van der Waals surface area contributed by atoms with E-state index in [1.165, 1.54) is 0 Å². The molecular formula is C14H26N4O8S2. The Balaban J connectivity index is 0. The highest BCUT2D eigenvalue weighted by Crippen LogP contribution is 1.97. The maximum atomic E-state index is 11.5. The number of aliphatic carboxylic acids is 3. The van der Waals surface area contributed by atoms with Crippen molar-refractivity contribution in [2.45, 2.75) is 37.4 Å². The van der Waals surface area contributed by atoms with Gasteiger partial charge in [-0.05, 0) is 18.6 Å². The first-order chi connectivity index (χ1) is 13.0. The monoisotopic (exact) mass is 442 g/mol. The lowest BCUT2D eigenvalue weighted by Gasteiger charge is -2.16. The zero-order chi connectivity index (χ0) is 22.3. The van der Waals surface area contributed by atoms with E-state index < -0.39 is 54.4 Å². The molecule has 162 valence electrons. The second-order valence-electron chi connectivity index (χ2n) is 5.35. The van der Waals surface area contributed by atoms with E-state index in [4.69, 9.17) is 26.8 Å². The van der Waals surface area contributed by atoms with Gasteiger partial charge in [0, 0.05) is 12.2 Å². The van der Waals surface area contributed by atoms with Crippen molar-refractivity contribution in [3.63, 3.8) is 0 Å². The quantitative estimate of drug-likeness (QED) is 0.145. The molecule has 3 atom stereocenters. The lowest BCUT2D eigenvalue weighted by Crippen LogP contribution is -2.49. The molecule has 2 unspecified atom stereocenters. The van der Waals surface area contributed by atoms with E-state index >= 15 is 0 Å². The first kappa shape index (κ1) is 28.2. The molecule has 0 heterocycles. The molecule has 0 aliphatic heterocycles.